The maximum atomic E-state index is 12.2. The van der Waals surface area contributed by atoms with Crippen molar-refractivity contribution < 1.29 is 4.79 Å². The standard InChI is InChI=1S/C17H21N3OS/c1-10-6-11(2)17(12(3)7-10)20-15(21)9-22-16-8-13(4)18-14(5)19-16/h6-8H,9H2,1-5H3,(H,20,21). The van der Waals surface area contributed by atoms with Crippen molar-refractivity contribution in [2.45, 2.75) is 39.6 Å². The molecular weight excluding hydrogens is 294 g/mol. The van der Waals surface area contributed by atoms with E-state index in [1.807, 2.05) is 33.8 Å². The third-order valence-corrected chi connectivity index (χ3v) is 4.15. The average molecular weight is 315 g/mol. The molecule has 0 bridgehead atoms. The van der Waals surface area contributed by atoms with Gasteiger partial charge in [-0.3, -0.25) is 4.79 Å². The Hall–Kier alpha value is -1.88. The minimum Gasteiger partial charge on any atom is -0.325 e. The summed E-state index contributed by atoms with van der Waals surface area (Å²) < 4.78 is 0. The Labute approximate surface area is 135 Å². The first kappa shape index (κ1) is 16.5. The third kappa shape index (κ3) is 4.31. The summed E-state index contributed by atoms with van der Waals surface area (Å²) in [6, 6.07) is 6.05. The Morgan fingerprint density at radius 3 is 2.27 bits per heavy atom. The molecular formula is C17H21N3OS. The largest absolute Gasteiger partial charge is 0.325 e. The average Bonchev–Trinajstić information content (AvgIpc) is 2.39. The van der Waals surface area contributed by atoms with Crippen LogP contribution in [0.4, 0.5) is 5.69 Å². The van der Waals surface area contributed by atoms with E-state index < -0.39 is 0 Å². The van der Waals surface area contributed by atoms with Gasteiger partial charge in [-0.1, -0.05) is 29.5 Å². The number of carbonyl (C=O) groups excluding carboxylic acids is 1. The molecule has 0 unspecified atom stereocenters. The first-order valence-corrected chi connectivity index (χ1v) is 8.16. The van der Waals surface area contributed by atoms with Crippen molar-refractivity contribution in [3.05, 3.63) is 46.4 Å². The molecule has 0 fully saturated rings. The number of nitrogens with zero attached hydrogens (tertiary/aromatic N) is 2. The summed E-state index contributed by atoms with van der Waals surface area (Å²) >= 11 is 1.43. The van der Waals surface area contributed by atoms with Crippen LogP contribution in [0.25, 0.3) is 0 Å². The van der Waals surface area contributed by atoms with Gasteiger partial charge in [-0.05, 0) is 51.8 Å². The van der Waals surface area contributed by atoms with Crippen LogP contribution in [0.2, 0.25) is 0 Å². The predicted molar refractivity (Wildman–Crippen MR) is 91.5 cm³/mol. The summed E-state index contributed by atoms with van der Waals surface area (Å²) in [5.74, 6) is 1.05. The maximum Gasteiger partial charge on any atom is 0.234 e. The Kier molecular flexibility index (Phi) is 5.19. The second kappa shape index (κ2) is 6.92. The fourth-order valence-electron chi connectivity index (χ4n) is 2.45. The van der Waals surface area contributed by atoms with Crippen molar-refractivity contribution in [2.24, 2.45) is 0 Å². The topological polar surface area (TPSA) is 54.9 Å². The summed E-state index contributed by atoms with van der Waals surface area (Å²) in [7, 11) is 0. The number of hydrogen-bond donors (Lipinski definition) is 1. The normalized spacial score (nSPS) is 10.6. The lowest BCUT2D eigenvalue weighted by atomic mass is 10.1. The number of anilines is 1. The summed E-state index contributed by atoms with van der Waals surface area (Å²) in [5, 5.41) is 3.83. The molecule has 0 aliphatic heterocycles. The van der Waals surface area contributed by atoms with Crippen LogP contribution in [-0.4, -0.2) is 21.6 Å². The molecule has 116 valence electrons. The number of nitrogens with one attached hydrogen (secondary N) is 1. The second-order valence-electron chi connectivity index (χ2n) is 5.51. The molecule has 0 spiro atoms. The molecule has 1 aromatic heterocycles. The second-order valence-corrected chi connectivity index (χ2v) is 6.50. The molecule has 0 atom stereocenters. The zero-order valence-corrected chi connectivity index (χ0v) is 14.5. The fourth-order valence-corrected chi connectivity index (χ4v) is 3.25. The molecule has 2 rings (SSSR count). The summed E-state index contributed by atoms with van der Waals surface area (Å²) in [6.45, 7) is 9.87. The van der Waals surface area contributed by atoms with Gasteiger partial charge in [-0.15, -0.1) is 0 Å². The molecule has 0 saturated carbocycles. The molecule has 22 heavy (non-hydrogen) atoms. The lowest BCUT2D eigenvalue weighted by molar-refractivity contribution is -0.113. The van der Waals surface area contributed by atoms with Crippen LogP contribution < -0.4 is 5.32 Å². The van der Waals surface area contributed by atoms with Crippen LogP contribution in [0, 0.1) is 34.6 Å². The Morgan fingerprint density at radius 2 is 1.68 bits per heavy atom. The van der Waals surface area contributed by atoms with Gasteiger partial charge in [0.25, 0.3) is 0 Å². The van der Waals surface area contributed by atoms with Crippen LogP contribution in [-0.2, 0) is 4.79 Å². The molecule has 1 amide bonds. The van der Waals surface area contributed by atoms with Gasteiger partial charge in [0.15, 0.2) is 0 Å². The van der Waals surface area contributed by atoms with Crippen molar-refractivity contribution in [3.8, 4) is 0 Å². The van der Waals surface area contributed by atoms with E-state index in [0.717, 1.165) is 33.4 Å². The van der Waals surface area contributed by atoms with Crippen LogP contribution in [0.1, 0.15) is 28.2 Å². The lowest BCUT2D eigenvalue weighted by Gasteiger charge is -2.12. The number of carbonyl (C=O) groups is 1. The van der Waals surface area contributed by atoms with Gasteiger partial charge >= 0.3 is 0 Å². The number of benzene rings is 1. The zero-order chi connectivity index (χ0) is 16.3. The molecule has 0 saturated heterocycles. The Balaban J connectivity index is 2.02. The van der Waals surface area contributed by atoms with Crippen molar-refractivity contribution >= 4 is 23.4 Å². The molecule has 4 nitrogen and oxygen atoms in total. The predicted octanol–water partition coefficient (Wildman–Crippen LogP) is 3.75. The van der Waals surface area contributed by atoms with Gasteiger partial charge in [0.05, 0.1) is 5.75 Å². The van der Waals surface area contributed by atoms with Gasteiger partial charge in [-0.2, -0.15) is 0 Å². The maximum absolute atomic E-state index is 12.2. The minimum absolute atomic E-state index is 0.0195. The van der Waals surface area contributed by atoms with E-state index in [2.05, 4.69) is 34.3 Å². The van der Waals surface area contributed by atoms with Gasteiger partial charge < -0.3 is 5.32 Å². The first-order valence-electron chi connectivity index (χ1n) is 7.18. The molecule has 1 N–H and O–H groups in total. The molecule has 0 aliphatic carbocycles. The molecule has 1 aromatic carbocycles. The fraction of sp³-hybridized carbons (Fsp3) is 0.353. The van der Waals surface area contributed by atoms with E-state index in [1.54, 1.807) is 0 Å². The van der Waals surface area contributed by atoms with Gasteiger partial charge in [0, 0.05) is 11.4 Å². The SMILES string of the molecule is Cc1cc(C)c(NC(=O)CSc2cc(C)nc(C)n2)c(C)c1. The van der Waals surface area contributed by atoms with Crippen LogP contribution in [0.3, 0.4) is 0 Å². The van der Waals surface area contributed by atoms with Crippen molar-refractivity contribution in [2.75, 3.05) is 11.1 Å². The lowest BCUT2D eigenvalue weighted by Crippen LogP contribution is -2.16. The highest BCUT2D eigenvalue weighted by molar-refractivity contribution is 7.99. The number of hydrogen-bond acceptors (Lipinski definition) is 4. The number of aromatic nitrogens is 2. The van der Waals surface area contributed by atoms with Crippen LogP contribution in [0.5, 0.6) is 0 Å². The van der Waals surface area contributed by atoms with E-state index in [1.165, 1.54) is 17.3 Å². The van der Waals surface area contributed by atoms with E-state index in [4.69, 9.17) is 0 Å². The highest BCUT2D eigenvalue weighted by atomic mass is 32.2. The minimum atomic E-state index is -0.0195. The zero-order valence-electron chi connectivity index (χ0n) is 13.7. The van der Waals surface area contributed by atoms with Gasteiger partial charge in [0.1, 0.15) is 10.9 Å². The molecule has 0 aliphatic rings. The smallest absolute Gasteiger partial charge is 0.234 e. The number of aryl methyl sites for hydroxylation is 5. The number of thioether (sulfide) groups is 1. The summed E-state index contributed by atoms with van der Waals surface area (Å²) in [5.41, 5.74) is 5.20. The third-order valence-electron chi connectivity index (χ3n) is 3.24. The Morgan fingerprint density at radius 1 is 1.05 bits per heavy atom. The highest BCUT2D eigenvalue weighted by Crippen LogP contribution is 2.23. The van der Waals surface area contributed by atoms with E-state index in [-0.39, 0.29) is 5.91 Å². The van der Waals surface area contributed by atoms with Crippen molar-refractivity contribution in [1.29, 1.82) is 0 Å². The molecule has 0 radical (unpaired) electrons. The van der Waals surface area contributed by atoms with E-state index in [0.29, 0.717) is 5.75 Å². The first-order chi connectivity index (χ1) is 10.3. The highest BCUT2D eigenvalue weighted by Gasteiger charge is 2.09. The summed E-state index contributed by atoms with van der Waals surface area (Å²) in [4.78, 5) is 20.7. The molecule has 5 heteroatoms. The molecule has 1 heterocycles. The Bertz CT molecular complexity index is 670. The van der Waals surface area contributed by atoms with E-state index in [9.17, 15) is 4.79 Å². The quantitative estimate of drug-likeness (QED) is 0.689. The van der Waals surface area contributed by atoms with Gasteiger partial charge in [-0.25, -0.2) is 9.97 Å². The monoisotopic (exact) mass is 315 g/mol. The van der Waals surface area contributed by atoms with Gasteiger partial charge in [0.2, 0.25) is 5.91 Å². The molecule has 2 aromatic rings. The number of rotatable bonds is 4. The van der Waals surface area contributed by atoms with Crippen molar-refractivity contribution in [1.82, 2.24) is 9.97 Å². The summed E-state index contributed by atoms with van der Waals surface area (Å²) in [6.07, 6.45) is 0. The van der Waals surface area contributed by atoms with Crippen LogP contribution >= 0.6 is 11.8 Å². The van der Waals surface area contributed by atoms with Crippen molar-refractivity contribution in [3.63, 3.8) is 0 Å². The van der Waals surface area contributed by atoms with E-state index >= 15 is 0 Å². The number of amides is 1. The van der Waals surface area contributed by atoms with Crippen LogP contribution in [0.15, 0.2) is 23.2 Å².